The Kier molecular flexibility index (Phi) is 1.98. The number of rotatable bonds is 2. The molecule has 0 radical (unpaired) electrons. The molecular weight excluding hydrogens is 150 g/mol. The zero-order chi connectivity index (χ0) is 8.39. The van der Waals surface area contributed by atoms with Crippen molar-refractivity contribution in [3.8, 4) is 5.75 Å². The third kappa shape index (κ3) is 1.58. The molecule has 0 aromatic carbocycles. The zero-order valence-corrected chi connectivity index (χ0v) is 7.29. The average Bonchev–Trinajstić information content (AvgIpc) is 1.97. The Bertz CT molecular complexity index is 268. The monoisotopic (exact) mass is 163 g/mol. The van der Waals surface area contributed by atoms with Crippen molar-refractivity contribution in [2.24, 2.45) is 0 Å². The zero-order valence-electron chi connectivity index (χ0n) is 7.29. The van der Waals surface area contributed by atoms with Gasteiger partial charge in [0.05, 0.1) is 12.3 Å². The van der Waals surface area contributed by atoms with Crippen LogP contribution in [0.5, 0.6) is 5.75 Å². The fourth-order valence-corrected chi connectivity index (χ4v) is 1.27. The Morgan fingerprint density at radius 1 is 1.42 bits per heavy atom. The Balaban J connectivity index is 2.02. The third-order valence-electron chi connectivity index (χ3n) is 2.20. The summed E-state index contributed by atoms with van der Waals surface area (Å²) in [5.74, 6) is 0.916. The van der Waals surface area contributed by atoms with Gasteiger partial charge in [0, 0.05) is 6.20 Å². The van der Waals surface area contributed by atoms with Crippen LogP contribution in [0.4, 0.5) is 0 Å². The minimum absolute atomic E-state index is 0.452. The molecule has 2 nitrogen and oxygen atoms in total. The SMILES string of the molecule is Cc1cncc(OC2CCC2)c1. The van der Waals surface area contributed by atoms with E-state index in [4.69, 9.17) is 4.74 Å². The number of nitrogens with zero attached hydrogens (tertiary/aromatic N) is 1. The molecule has 0 bridgehead atoms. The van der Waals surface area contributed by atoms with Crippen molar-refractivity contribution in [3.05, 3.63) is 24.0 Å². The van der Waals surface area contributed by atoms with Gasteiger partial charge in [-0.15, -0.1) is 0 Å². The summed E-state index contributed by atoms with van der Waals surface area (Å²) < 4.78 is 5.67. The van der Waals surface area contributed by atoms with E-state index in [1.54, 1.807) is 6.20 Å². The van der Waals surface area contributed by atoms with E-state index in [9.17, 15) is 0 Å². The predicted octanol–water partition coefficient (Wildman–Crippen LogP) is 2.32. The molecule has 0 saturated heterocycles. The van der Waals surface area contributed by atoms with E-state index in [1.165, 1.54) is 19.3 Å². The highest BCUT2D eigenvalue weighted by molar-refractivity contribution is 5.22. The summed E-state index contributed by atoms with van der Waals surface area (Å²) in [6.07, 6.45) is 7.79. The molecule has 1 saturated carbocycles. The molecule has 0 N–H and O–H groups in total. The van der Waals surface area contributed by atoms with Gasteiger partial charge in [-0.3, -0.25) is 4.98 Å². The van der Waals surface area contributed by atoms with E-state index < -0.39 is 0 Å². The van der Waals surface area contributed by atoms with Crippen molar-refractivity contribution in [1.82, 2.24) is 4.98 Å². The van der Waals surface area contributed by atoms with E-state index in [0.717, 1.165) is 11.3 Å². The smallest absolute Gasteiger partial charge is 0.138 e. The molecule has 1 aromatic heterocycles. The number of aryl methyl sites for hydroxylation is 1. The quantitative estimate of drug-likeness (QED) is 0.667. The molecule has 0 amide bonds. The second-order valence-electron chi connectivity index (χ2n) is 3.37. The standard InChI is InChI=1S/C10H13NO/c1-8-5-10(7-11-6-8)12-9-3-2-4-9/h5-7,9H,2-4H2,1H3. The molecule has 2 heteroatoms. The van der Waals surface area contributed by atoms with Crippen LogP contribution in [0.15, 0.2) is 18.5 Å². The lowest BCUT2D eigenvalue weighted by Crippen LogP contribution is -2.24. The maximum Gasteiger partial charge on any atom is 0.138 e. The summed E-state index contributed by atoms with van der Waals surface area (Å²) >= 11 is 0. The number of hydrogen-bond acceptors (Lipinski definition) is 2. The topological polar surface area (TPSA) is 22.1 Å². The second-order valence-corrected chi connectivity index (χ2v) is 3.37. The van der Waals surface area contributed by atoms with Gasteiger partial charge in [-0.25, -0.2) is 0 Å². The van der Waals surface area contributed by atoms with Gasteiger partial charge >= 0.3 is 0 Å². The fourth-order valence-electron chi connectivity index (χ4n) is 1.27. The Morgan fingerprint density at radius 3 is 2.83 bits per heavy atom. The highest BCUT2D eigenvalue weighted by atomic mass is 16.5. The lowest BCUT2D eigenvalue weighted by atomic mass is 9.96. The normalized spacial score (nSPS) is 17.1. The van der Waals surface area contributed by atoms with Crippen LogP contribution in [0.3, 0.4) is 0 Å². The third-order valence-corrected chi connectivity index (χ3v) is 2.20. The van der Waals surface area contributed by atoms with E-state index in [1.807, 2.05) is 19.2 Å². The Labute approximate surface area is 72.6 Å². The first-order valence-electron chi connectivity index (χ1n) is 4.43. The van der Waals surface area contributed by atoms with E-state index in [-0.39, 0.29) is 0 Å². The average molecular weight is 163 g/mol. The summed E-state index contributed by atoms with van der Waals surface area (Å²) in [5.41, 5.74) is 1.16. The van der Waals surface area contributed by atoms with E-state index in [0.29, 0.717) is 6.10 Å². The van der Waals surface area contributed by atoms with Crippen LogP contribution in [-0.4, -0.2) is 11.1 Å². The lowest BCUT2D eigenvalue weighted by Gasteiger charge is -2.26. The summed E-state index contributed by atoms with van der Waals surface area (Å²) in [4.78, 5) is 4.07. The van der Waals surface area contributed by atoms with Gasteiger partial charge in [-0.2, -0.15) is 0 Å². The van der Waals surface area contributed by atoms with Crippen molar-refractivity contribution in [2.45, 2.75) is 32.3 Å². The van der Waals surface area contributed by atoms with Crippen LogP contribution in [0.25, 0.3) is 0 Å². The van der Waals surface area contributed by atoms with Gasteiger partial charge in [0.2, 0.25) is 0 Å². The molecule has 1 fully saturated rings. The molecule has 0 unspecified atom stereocenters. The molecular formula is C10H13NO. The minimum Gasteiger partial charge on any atom is -0.489 e. The lowest BCUT2D eigenvalue weighted by molar-refractivity contribution is 0.120. The number of aromatic nitrogens is 1. The molecule has 12 heavy (non-hydrogen) atoms. The minimum atomic E-state index is 0.452. The van der Waals surface area contributed by atoms with Crippen LogP contribution in [0, 0.1) is 6.92 Å². The molecule has 1 heterocycles. The van der Waals surface area contributed by atoms with Crippen LogP contribution >= 0.6 is 0 Å². The van der Waals surface area contributed by atoms with Crippen molar-refractivity contribution < 1.29 is 4.74 Å². The molecule has 1 aliphatic carbocycles. The molecule has 1 aromatic rings. The maximum atomic E-state index is 5.67. The molecule has 2 rings (SSSR count). The molecule has 0 spiro atoms. The Morgan fingerprint density at radius 2 is 2.25 bits per heavy atom. The summed E-state index contributed by atoms with van der Waals surface area (Å²) in [5, 5.41) is 0. The summed E-state index contributed by atoms with van der Waals surface area (Å²) in [7, 11) is 0. The first-order valence-corrected chi connectivity index (χ1v) is 4.43. The van der Waals surface area contributed by atoms with Gasteiger partial charge in [0.15, 0.2) is 0 Å². The number of hydrogen-bond donors (Lipinski definition) is 0. The maximum absolute atomic E-state index is 5.67. The van der Waals surface area contributed by atoms with E-state index >= 15 is 0 Å². The Hall–Kier alpha value is -1.05. The predicted molar refractivity (Wildman–Crippen MR) is 47.2 cm³/mol. The highest BCUT2D eigenvalue weighted by Gasteiger charge is 2.18. The van der Waals surface area contributed by atoms with Crippen molar-refractivity contribution >= 4 is 0 Å². The fraction of sp³-hybridized carbons (Fsp3) is 0.500. The van der Waals surface area contributed by atoms with Gasteiger partial charge in [-0.1, -0.05) is 0 Å². The van der Waals surface area contributed by atoms with Gasteiger partial charge < -0.3 is 4.74 Å². The van der Waals surface area contributed by atoms with Crippen LogP contribution in [0.2, 0.25) is 0 Å². The summed E-state index contributed by atoms with van der Waals surface area (Å²) in [6.45, 7) is 2.03. The number of pyridine rings is 1. The second kappa shape index (κ2) is 3.13. The first kappa shape index (κ1) is 7.59. The van der Waals surface area contributed by atoms with Gasteiger partial charge in [-0.05, 0) is 37.8 Å². The first-order chi connectivity index (χ1) is 5.84. The van der Waals surface area contributed by atoms with Crippen LogP contribution < -0.4 is 4.74 Å². The van der Waals surface area contributed by atoms with Crippen LogP contribution in [-0.2, 0) is 0 Å². The van der Waals surface area contributed by atoms with E-state index in [2.05, 4.69) is 4.98 Å². The molecule has 0 atom stereocenters. The van der Waals surface area contributed by atoms with Crippen molar-refractivity contribution in [2.75, 3.05) is 0 Å². The van der Waals surface area contributed by atoms with Crippen molar-refractivity contribution in [3.63, 3.8) is 0 Å². The molecule has 64 valence electrons. The van der Waals surface area contributed by atoms with Crippen molar-refractivity contribution in [1.29, 1.82) is 0 Å². The largest absolute Gasteiger partial charge is 0.489 e. The number of ether oxygens (including phenoxy) is 1. The van der Waals surface area contributed by atoms with Gasteiger partial charge in [0.1, 0.15) is 5.75 Å². The van der Waals surface area contributed by atoms with Gasteiger partial charge in [0.25, 0.3) is 0 Å². The van der Waals surface area contributed by atoms with Crippen LogP contribution in [0.1, 0.15) is 24.8 Å². The molecule has 1 aliphatic rings. The molecule has 0 aliphatic heterocycles. The summed E-state index contributed by atoms with van der Waals surface area (Å²) in [6, 6.07) is 2.03. The highest BCUT2D eigenvalue weighted by Crippen LogP contribution is 2.24.